The summed E-state index contributed by atoms with van der Waals surface area (Å²) in [5.74, 6) is 0. The second-order valence-electron chi connectivity index (χ2n) is 4.52. The van der Waals surface area contributed by atoms with Crippen LogP contribution in [0.4, 0.5) is 13.2 Å². The van der Waals surface area contributed by atoms with E-state index in [0.29, 0.717) is 22.8 Å². The zero-order valence-corrected chi connectivity index (χ0v) is 13.0. The van der Waals surface area contributed by atoms with Gasteiger partial charge in [-0.2, -0.15) is 13.2 Å². The number of alkyl halides is 3. The molecule has 0 radical (unpaired) electrons. The fraction of sp³-hybridized carbons (Fsp3) is 0.214. The highest BCUT2D eigenvalue weighted by Gasteiger charge is 2.33. The molecule has 0 bridgehead atoms. The van der Waals surface area contributed by atoms with Crippen molar-refractivity contribution in [3.05, 3.63) is 61.4 Å². The van der Waals surface area contributed by atoms with Gasteiger partial charge in [-0.15, -0.1) is 0 Å². The van der Waals surface area contributed by atoms with Gasteiger partial charge in [-0.05, 0) is 25.1 Å². The molecule has 0 aliphatic rings. The topological polar surface area (TPSA) is 76.5 Å². The molecule has 1 heterocycles. The Labute approximate surface area is 138 Å². The number of hydrogen-bond acceptors (Lipinski definition) is 4. The first-order chi connectivity index (χ1) is 11.2. The predicted molar refractivity (Wildman–Crippen MR) is 81.9 cm³/mol. The Morgan fingerprint density at radius 1 is 1.33 bits per heavy atom. The van der Waals surface area contributed by atoms with Gasteiger partial charge in [0.25, 0.3) is 5.56 Å². The summed E-state index contributed by atoms with van der Waals surface area (Å²) in [6.07, 6.45) is -3.56. The van der Waals surface area contributed by atoms with Gasteiger partial charge in [-0.3, -0.25) is 4.79 Å². The highest BCUT2D eigenvalue weighted by molar-refractivity contribution is 6.33. The highest BCUT2D eigenvalue weighted by Crippen LogP contribution is 2.25. The van der Waals surface area contributed by atoms with E-state index in [4.69, 9.17) is 16.4 Å². The van der Waals surface area contributed by atoms with Crippen LogP contribution < -0.4 is 11.2 Å². The van der Waals surface area contributed by atoms with Gasteiger partial charge in [0.05, 0.1) is 11.9 Å². The van der Waals surface area contributed by atoms with E-state index in [1.165, 1.54) is 24.4 Å². The van der Waals surface area contributed by atoms with Crippen LogP contribution in [0.2, 0.25) is 5.02 Å². The van der Waals surface area contributed by atoms with E-state index in [2.05, 4.69) is 5.16 Å². The molecule has 0 spiro atoms. The maximum Gasteiger partial charge on any atom is 0.431 e. The van der Waals surface area contributed by atoms with E-state index < -0.39 is 23.1 Å². The summed E-state index contributed by atoms with van der Waals surface area (Å²) in [5.41, 5.74) is -3.39. The van der Waals surface area contributed by atoms with Gasteiger partial charge in [0, 0.05) is 16.7 Å². The van der Waals surface area contributed by atoms with Gasteiger partial charge in [0.1, 0.15) is 12.3 Å². The van der Waals surface area contributed by atoms with E-state index in [1.807, 2.05) is 0 Å². The lowest BCUT2D eigenvalue weighted by molar-refractivity contribution is -0.141. The molecule has 1 N–H and O–H groups in total. The van der Waals surface area contributed by atoms with Crippen molar-refractivity contribution in [2.45, 2.75) is 13.1 Å². The Hall–Kier alpha value is -2.55. The summed E-state index contributed by atoms with van der Waals surface area (Å²) in [5, 5.41) is 3.88. The van der Waals surface area contributed by atoms with Crippen LogP contribution in [0.15, 0.2) is 39.0 Å². The minimum Gasteiger partial charge on any atom is -0.396 e. The molecule has 0 atom stereocenters. The van der Waals surface area contributed by atoms with E-state index in [1.54, 1.807) is 11.9 Å². The van der Waals surface area contributed by atoms with Gasteiger partial charge in [-0.1, -0.05) is 16.8 Å². The molecule has 0 saturated heterocycles. The fourth-order valence-electron chi connectivity index (χ4n) is 1.83. The van der Waals surface area contributed by atoms with Crippen molar-refractivity contribution in [2.24, 2.45) is 5.16 Å². The van der Waals surface area contributed by atoms with Crippen molar-refractivity contribution in [1.29, 1.82) is 0 Å². The molecule has 2 aromatic rings. The number of aromatic nitrogens is 2. The van der Waals surface area contributed by atoms with Crippen molar-refractivity contribution >= 4 is 17.8 Å². The molecule has 0 aliphatic heterocycles. The number of aromatic amines is 1. The van der Waals surface area contributed by atoms with Crippen LogP contribution in [0.1, 0.15) is 18.2 Å². The molecular formula is C14H11ClF3N3O3. The number of hydrogen-bond donors (Lipinski definition) is 1. The van der Waals surface area contributed by atoms with Crippen molar-refractivity contribution in [3.8, 4) is 5.69 Å². The lowest BCUT2D eigenvalue weighted by atomic mass is 10.2. The predicted octanol–water partition coefficient (Wildman–Crippen LogP) is 2.57. The van der Waals surface area contributed by atoms with Crippen LogP contribution in [0.3, 0.4) is 0 Å². The SMILES string of the molecule is CCON=Cc1cc(-n2c(=O)cc(C(F)(F)F)[nH]c2=O)ccc1Cl. The third-order valence-corrected chi connectivity index (χ3v) is 3.22. The number of halogens is 4. The first-order valence-electron chi connectivity index (χ1n) is 6.63. The molecule has 0 fully saturated rings. The molecule has 6 nitrogen and oxygen atoms in total. The quantitative estimate of drug-likeness (QED) is 0.671. The largest absolute Gasteiger partial charge is 0.431 e. The summed E-state index contributed by atoms with van der Waals surface area (Å²) >= 11 is 5.96. The number of rotatable bonds is 4. The molecule has 1 aromatic carbocycles. The Bertz CT molecular complexity index is 856. The second kappa shape index (κ2) is 6.91. The van der Waals surface area contributed by atoms with E-state index in [9.17, 15) is 22.8 Å². The van der Waals surface area contributed by atoms with Crippen molar-refractivity contribution in [2.75, 3.05) is 6.61 Å². The molecule has 0 amide bonds. The molecule has 10 heteroatoms. The zero-order chi connectivity index (χ0) is 17.9. The summed E-state index contributed by atoms with van der Waals surface area (Å²) in [6.45, 7) is 2.04. The molecule has 0 saturated carbocycles. The van der Waals surface area contributed by atoms with Gasteiger partial charge < -0.3 is 9.82 Å². The minimum atomic E-state index is -4.83. The Morgan fingerprint density at radius 3 is 2.62 bits per heavy atom. The second-order valence-corrected chi connectivity index (χ2v) is 4.92. The van der Waals surface area contributed by atoms with Gasteiger partial charge in [-0.25, -0.2) is 9.36 Å². The third-order valence-electron chi connectivity index (χ3n) is 2.87. The molecule has 0 aliphatic carbocycles. The lowest BCUT2D eigenvalue weighted by Crippen LogP contribution is -2.35. The third kappa shape index (κ3) is 3.85. The number of nitrogens with zero attached hydrogens (tertiary/aromatic N) is 2. The standard InChI is InChI=1S/C14H11ClF3N3O3/c1-2-24-19-7-8-5-9(3-4-10(8)15)21-12(22)6-11(14(16,17)18)20-13(21)23/h3-7H,2H2,1H3,(H,20,23). The number of H-pyrrole nitrogens is 1. The summed E-state index contributed by atoms with van der Waals surface area (Å²) < 4.78 is 38.4. The molecule has 128 valence electrons. The average molecular weight is 362 g/mol. The normalized spacial score (nSPS) is 11.9. The Kier molecular flexibility index (Phi) is 5.13. The maximum atomic E-state index is 12.6. The molecule has 24 heavy (non-hydrogen) atoms. The van der Waals surface area contributed by atoms with Crippen molar-refractivity contribution < 1.29 is 18.0 Å². The molecular weight excluding hydrogens is 351 g/mol. The Balaban J connectivity index is 2.55. The summed E-state index contributed by atoms with van der Waals surface area (Å²) in [7, 11) is 0. The van der Waals surface area contributed by atoms with E-state index >= 15 is 0 Å². The Morgan fingerprint density at radius 2 is 2.04 bits per heavy atom. The van der Waals surface area contributed by atoms with Gasteiger partial charge in [0.15, 0.2) is 0 Å². The van der Waals surface area contributed by atoms with Gasteiger partial charge in [0.2, 0.25) is 0 Å². The molecule has 1 aromatic heterocycles. The number of nitrogens with one attached hydrogen (secondary N) is 1. The lowest BCUT2D eigenvalue weighted by Gasteiger charge is -2.09. The van der Waals surface area contributed by atoms with Crippen LogP contribution in [-0.4, -0.2) is 22.4 Å². The first-order valence-corrected chi connectivity index (χ1v) is 7.00. The monoisotopic (exact) mass is 361 g/mol. The van der Waals surface area contributed by atoms with Gasteiger partial charge >= 0.3 is 11.9 Å². The van der Waals surface area contributed by atoms with Crippen LogP contribution in [0.5, 0.6) is 0 Å². The van der Waals surface area contributed by atoms with Crippen molar-refractivity contribution in [1.82, 2.24) is 9.55 Å². The minimum absolute atomic E-state index is 0.0392. The summed E-state index contributed by atoms with van der Waals surface area (Å²) in [6, 6.07) is 4.34. The number of benzene rings is 1. The smallest absolute Gasteiger partial charge is 0.396 e. The first kappa shape index (κ1) is 17.8. The molecule has 2 rings (SSSR count). The maximum absolute atomic E-state index is 12.6. The highest BCUT2D eigenvalue weighted by atomic mass is 35.5. The average Bonchev–Trinajstić information content (AvgIpc) is 2.48. The van der Waals surface area contributed by atoms with Crippen LogP contribution in [0, 0.1) is 0 Å². The van der Waals surface area contributed by atoms with E-state index in [0.717, 1.165) is 0 Å². The van der Waals surface area contributed by atoms with Crippen LogP contribution in [0.25, 0.3) is 5.69 Å². The van der Waals surface area contributed by atoms with E-state index in [-0.39, 0.29) is 10.7 Å². The fourth-order valence-corrected chi connectivity index (χ4v) is 2.00. The van der Waals surface area contributed by atoms with Crippen LogP contribution >= 0.6 is 11.6 Å². The van der Waals surface area contributed by atoms with Crippen molar-refractivity contribution in [3.63, 3.8) is 0 Å². The zero-order valence-electron chi connectivity index (χ0n) is 12.2. The van der Waals surface area contributed by atoms with Crippen LogP contribution in [-0.2, 0) is 11.0 Å². The summed E-state index contributed by atoms with van der Waals surface area (Å²) in [4.78, 5) is 30.2. The molecule has 0 unspecified atom stereocenters. The number of oxime groups is 1.